The Hall–Kier alpha value is -1.84. The molecule has 2 aliphatic heterocycles. The van der Waals surface area contributed by atoms with Crippen LogP contribution in [0.4, 0.5) is 5.69 Å². The summed E-state index contributed by atoms with van der Waals surface area (Å²) in [6.07, 6.45) is 4.04. The minimum atomic E-state index is -0.596. The largest absolute Gasteiger partial charge is 0.392 e. The number of hydrogen-bond acceptors (Lipinski definition) is 3. The van der Waals surface area contributed by atoms with E-state index in [-0.39, 0.29) is 6.61 Å². The first-order chi connectivity index (χ1) is 11.3. The highest BCUT2D eigenvalue weighted by molar-refractivity contribution is 5.64. The molecular weight excluding hydrogens is 286 g/mol. The SMILES string of the molecule is OCc1ccc(C(O)c2cc3c4c(c2)CCCN4CCC3)cc1. The van der Waals surface area contributed by atoms with Gasteiger partial charge in [0.2, 0.25) is 0 Å². The van der Waals surface area contributed by atoms with Gasteiger partial charge in [0.1, 0.15) is 6.10 Å². The average Bonchev–Trinajstić information content (AvgIpc) is 2.61. The summed E-state index contributed by atoms with van der Waals surface area (Å²) in [5, 5.41) is 19.9. The lowest BCUT2D eigenvalue weighted by atomic mass is 9.88. The summed E-state index contributed by atoms with van der Waals surface area (Å²) in [5.74, 6) is 0. The lowest BCUT2D eigenvalue weighted by molar-refractivity contribution is 0.220. The van der Waals surface area contributed by atoms with Gasteiger partial charge >= 0.3 is 0 Å². The van der Waals surface area contributed by atoms with Crippen LogP contribution in [0, 0.1) is 0 Å². The Morgan fingerprint density at radius 3 is 2.09 bits per heavy atom. The molecule has 2 N–H and O–H groups in total. The van der Waals surface area contributed by atoms with E-state index < -0.39 is 6.10 Å². The van der Waals surface area contributed by atoms with Crippen LogP contribution in [-0.4, -0.2) is 23.3 Å². The Bertz CT molecular complexity index is 677. The lowest BCUT2D eigenvalue weighted by Gasteiger charge is -2.37. The van der Waals surface area contributed by atoms with Gasteiger partial charge in [-0.25, -0.2) is 0 Å². The third kappa shape index (κ3) is 2.64. The fraction of sp³-hybridized carbons (Fsp3) is 0.400. The first-order valence-corrected chi connectivity index (χ1v) is 8.54. The molecule has 3 nitrogen and oxygen atoms in total. The van der Waals surface area contributed by atoms with E-state index in [1.807, 2.05) is 24.3 Å². The maximum Gasteiger partial charge on any atom is 0.104 e. The topological polar surface area (TPSA) is 43.7 Å². The molecule has 1 atom stereocenters. The predicted octanol–water partition coefficient (Wildman–Crippen LogP) is 2.96. The highest BCUT2D eigenvalue weighted by Crippen LogP contribution is 2.38. The number of aryl methyl sites for hydroxylation is 2. The fourth-order valence-electron chi connectivity index (χ4n) is 3.99. The molecule has 0 saturated carbocycles. The summed E-state index contributed by atoms with van der Waals surface area (Å²) >= 11 is 0. The Morgan fingerprint density at radius 1 is 0.913 bits per heavy atom. The fourth-order valence-corrected chi connectivity index (χ4v) is 3.99. The summed E-state index contributed by atoms with van der Waals surface area (Å²) in [6.45, 7) is 2.38. The molecule has 2 heterocycles. The van der Waals surface area contributed by atoms with E-state index in [0.29, 0.717) is 0 Å². The van der Waals surface area contributed by atoms with E-state index in [1.165, 1.54) is 42.7 Å². The molecule has 0 bridgehead atoms. The number of aliphatic hydroxyl groups is 2. The minimum absolute atomic E-state index is 0.0369. The van der Waals surface area contributed by atoms with E-state index in [4.69, 9.17) is 5.11 Å². The number of hydrogen-bond donors (Lipinski definition) is 2. The van der Waals surface area contributed by atoms with Crippen molar-refractivity contribution in [2.75, 3.05) is 18.0 Å². The second kappa shape index (κ2) is 5.99. The van der Waals surface area contributed by atoms with Gasteiger partial charge in [-0.05, 0) is 53.5 Å². The number of nitrogens with zero attached hydrogens (tertiary/aromatic N) is 1. The molecule has 120 valence electrons. The van der Waals surface area contributed by atoms with Gasteiger partial charge in [-0.1, -0.05) is 36.4 Å². The van der Waals surface area contributed by atoms with Gasteiger partial charge < -0.3 is 15.1 Å². The second-order valence-corrected chi connectivity index (χ2v) is 6.68. The Morgan fingerprint density at radius 2 is 1.52 bits per heavy atom. The van der Waals surface area contributed by atoms with Crippen LogP contribution in [0.2, 0.25) is 0 Å². The van der Waals surface area contributed by atoms with Gasteiger partial charge in [-0.3, -0.25) is 0 Å². The first kappa shape index (κ1) is 14.7. The first-order valence-electron chi connectivity index (χ1n) is 8.54. The monoisotopic (exact) mass is 309 g/mol. The van der Waals surface area contributed by atoms with Crippen molar-refractivity contribution in [3.63, 3.8) is 0 Å². The van der Waals surface area contributed by atoms with E-state index >= 15 is 0 Å². The number of aliphatic hydroxyl groups excluding tert-OH is 2. The third-order valence-corrected chi connectivity index (χ3v) is 5.15. The molecule has 0 amide bonds. The zero-order valence-electron chi connectivity index (χ0n) is 13.3. The molecule has 0 aliphatic carbocycles. The smallest absolute Gasteiger partial charge is 0.104 e. The van der Waals surface area contributed by atoms with E-state index in [1.54, 1.807) is 0 Å². The molecule has 0 saturated heterocycles. The number of rotatable bonds is 3. The Labute approximate surface area is 137 Å². The van der Waals surface area contributed by atoms with Crippen LogP contribution in [-0.2, 0) is 19.4 Å². The van der Waals surface area contributed by atoms with Crippen LogP contribution in [0.1, 0.15) is 46.8 Å². The number of anilines is 1. The zero-order valence-corrected chi connectivity index (χ0v) is 13.3. The van der Waals surface area contributed by atoms with Crippen molar-refractivity contribution in [2.45, 2.75) is 38.4 Å². The van der Waals surface area contributed by atoms with Crippen LogP contribution in [0.5, 0.6) is 0 Å². The highest BCUT2D eigenvalue weighted by atomic mass is 16.3. The van der Waals surface area contributed by atoms with E-state index in [2.05, 4.69) is 17.0 Å². The maximum atomic E-state index is 10.8. The molecule has 0 aromatic heterocycles. The molecule has 1 unspecified atom stereocenters. The van der Waals surface area contributed by atoms with Crippen LogP contribution in [0.3, 0.4) is 0 Å². The summed E-state index contributed by atoms with van der Waals surface area (Å²) in [6, 6.07) is 12.0. The van der Waals surface area contributed by atoms with Crippen molar-refractivity contribution in [1.82, 2.24) is 0 Å². The summed E-state index contributed by atoms with van der Waals surface area (Å²) < 4.78 is 0. The van der Waals surface area contributed by atoms with Gasteiger partial charge in [0.05, 0.1) is 6.61 Å². The minimum Gasteiger partial charge on any atom is -0.392 e. The highest BCUT2D eigenvalue weighted by Gasteiger charge is 2.25. The molecule has 0 spiro atoms. The van der Waals surface area contributed by atoms with Gasteiger partial charge in [0, 0.05) is 18.8 Å². The average molecular weight is 309 g/mol. The van der Waals surface area contributed by atoms with Crippen molar-refractivity contribution >= 4 is 5.69 Å². The van der Waals surface area contributed by atoms with E-state index in [0.717, 1.165) is 29.5 Å². The van der Waals surface area contributed by atoms with E-state index in [9.17, 15) is 5.11 Å². The Kier molecular flexibility index (Phi) is 3.83. The normalized spacial score (nSPS) is 17.7. The molecule has 4 rings (SSSR count). The van der Waals surface area contributed by atoms with Crippen molar-refractivity contribution < 1.29 is 10.2 Å². The van der Waals surface area contributed by atoms with Crippen molar-refractivity contribution in [3.05, 3.63) is 64.2 Å². The zero-order chi connectivity index (χ0) is 15.8. The number of benzene rings is 2. The maximum absolute atomic E-state index is 10.8. The van der Waals surface area contributed by atoms with Crippen molar-refractivity contribution in [3.8, 4) is 0 Å². The molecule has 0 radical (unpaired) electrons. The second-order valence-electron chi connectivity index (χ2n) is 6.68. The molecule has 23 heavy (non-hydrogen) atoms. The van der Waals surface area contributed by atoms with Gasteiger partial charge in [-0.2, -0.15) is 0 Å². The van der Waals surface area contributed by atoms with Gasteiger partial charge in [-0.15, -0.1) is 0 Å². The van der Waals surface area contributed by atoms with Crippen LogP contribution >= 0.6 is 0 Å². The van der Waals surface area contributed by atoms with Crippen molar-refractivity contribution in [2.24, 2.45) is 0 Å². The van der Waals surface area contributed by atoms with Crippen molar-refractivity contribution in [1.29, 1.82) is 0 Å². The predicted molar refractivity (Wildman–Crippen MR) is 91.7 cm³/mol. The summed E-state index contributed by atoms with van der Waals surface area (Å²) in [4.78, 5) is 2.52. The van der Waals surface area contributed by atoms with Gasteiger partial charge in [0.25, 0.3) is 0 Å². The van der Waals surface area contributed by atoms with Gasteiger partial charge in [0.15, 0.2) is 0 Å². The molecule has 2 aromatic carbocycles. The molecular formula is C20H23NO2. The quantitative estimate of drug-likeness (QED) is 0.916. The van der Waals surface area contributed by atoms with Crippen LogP contribution in [0.15, 0.2) is 36.4 Å². The molecule has 0 fully saturated rings. The lowest BCUT2D eigenvalue weighted by Crippen LogP contribution is -2.34. The molecule has 2 aliphatic rings. The van der Waals surface area contributed by atoms with Crippen LogP contribution in [0.25, 0.3) is 0 Å². The standard InChI is InChI=1S/C20H23NO2/c22-13-14-5-7-15(8-6-14)20(23)18-11-16-3-1-9-21-10-2-4-17(12-18)19(16)21/h5-8,11-12,20,22-23H,1-4,9-10,13H2. The Balaban J connectivity index is 1.71. The molecule has 2 aromatic rings. The van der Waals surface area contributed by atoms with Crippen LogP contribution < -0.4 is 4.90 Å². The third-order valence-electron chi connectivity index (χ3n) is 5.15. The summed E-state index contributed by atoms with van der Waals surface area (Å²) in [5.41, 5.74) is 6.99. The summed E-state index contributed by atoms with van der Waals surface area (Å²) in [7, 11) is 0. The molecule has 3 heteroatoms.